The topological polar surface area (TPSA) is 39.2 Å². The van der Waals surface area contributed by atoms with Crippen molar-refractivity contribution in [3.05, 3.63) is 102 Å². The van der Waals surface area contributed by atoms with Crippen molar-refractivity contribution in [1.82, 2.24) is 4.98 Å². The maximum absolute atomic E-state index is 12.2. The highest BCUT2D eigenvalue weighted by atomic mass is 16.5. The van der Waals surface area contributed by atoms with Gasteiger partial charge in [-0.25, -0.2) is 0 Å². The molecule has 0 aliphatic carbocycles. The van der Waals surface area contributed by atoms with Gasteiger partial charge in [0.2, 0.25) is 0 Å². The number of hydrogen-bond acceptors (Lipinski definition) is 3. The van der Waals surface area contributed by atoms with Gasteiger partial charge in [0.05, 0.1) is 0 Å². The largest absolute Gasteiger partial charge is 0.488 e. The van der Waals surface area contributed by atoms with E-state index in [1.165, 1.54) is 0 Å². The Balaban J connectivity index is 1.72. The monoisotopic (exact) mass is 315 g/mol. The van der Waals surface area contributed by atoms with Crippen LogP contribution in [0.5, 0.6) is 5.75 Å². The maximum Gasteiger partial charge on any atom is 0.185 e. The van der Waals surface area contributed by atoms with E-state index >= 15 is 0 Å². The van der Waals surface area contributed by atoms with E-state index in [4.69, 9.17) is 4.74 Å². The summed E-state index contributed by atoms with van der Waals surface area (Å²) in [6, 6.07) is 20.7. The molecule has 2 aromatic carbocycles. The van der Waals surface area contributed by atoms with Gasteiger partial charge in [-0.1, -0.05) is 54.6 Å². The second kappa shape index (κ2) is 7.88. The summed E-state index contributed by atoms with van der Waals surface area (Å²) in [4.78, 5) is 16.2. The maximum atomic E-state index is 12.2. The van der Waals surface area contributed by atoms with Crippen molar-refractivity contribution >= 4 is 11.9 Å². The number of para-hydroxylation sites is 1. The van der Waals surface area contributed by atoms with Gasteiger partial charge in [-0.15, -0.1) is 0 Å². The molecule has 3 aromatic rings. The number of hydrogen-bond donors (Lipinski definition) is 0. The van der Waals surface area contributed by atoms with Gasteiger partial charge in [-0.3, -0.25) is 9.78 Å². The minimum Gasteiger partial charge on any atom is -0.488 e. The first-order valence-corrected chi connectivity index (χ1v) is 7.71. The second-order valence-corrected chi connectivity index (χ2v) is 5.25. The third kappa shape index (κ3) is 4.17. The third-order valence-electron chi connectivity index (χ3n) is 3.51. The lowest BCUT2D eigenvalue weighted by Crippen LogP contribution is -1.97. The minimum absolute atomic E-state index is 0.0299. The van der Waals surface area contributed by atoms with Crippen LogP contribution in [0.3, 0.4) is 0 Å². The van der Waals surface area contributed by atoms with Crippen molar-refractivity contribution in [3.63, 3.8) is 0 Å². The molecule has 1 heterocycles. The van der Waals surface area contributed by atoms with Crippen molar-refractivity contribution in [3.8, 4) is 5.75 Å². The Morgan fingerprint density at radius 2 is 1.75 bits per heavy atom. The molecule has 0 N–H and O–H groups in total. The lowest BCUT2D eigenvalue weighted by atomic mass is 10.1. The van der Waals surface area contributed by atoms with E-state index in [1.54, 1.807) is 36.7 Å². The van der Waals surface area contributed by atoms with Gasteiger partial charge in [0.25, 0.3) is 0 Å². The molecule has 0 fully saturated rings. The zero-order valence-corrected chi connectivity index (χ0v) is 13.1. The first kappa shape index (κ1) is 15.7. The molecule has 0 spiro atoms. The van der Waals surface area contributed by atoms with Crippen LogP contribution in [0.1, 0.15) is 21.5 Å². The van der Waals surface area contributed by atoms with E-state index < -0.39 is 0 Å². The Labute approximate surface area is 141 Å². The first-order valence-electron chi connectivity index (χ1n) is 7.71. The number of benzene rings is 2. The predicted molar refractivity (Wildman–Crippen MR) is 94.8 cm³/mol. The number of carbonyl (C=O) groups excluding carboxylic acids is 1. The molecule has 0 amide bonds. The molecule has 24 heavy (non-hydrogen) atoms. The molecule has 0 aliphatic rings. The van der Waals surface area contributed by atoms with E-state index in [0.717, 1.165) is 16.9 Å². The smallest absolute Gasteiger partial charge is 0.185 e. The molecule has 0 saturated carbocycles. The van der Waals surface area contributed by atoms with Gasteiger partial charge in [0.1, 0.15) is 12.4 Å². The van der Waals surface area contributed by atoms with Crippen LogP contribution in [0.25, 0.3) is 6.08 Å². The molecule has 0 saturated heterocycles. The van der Waals surface area contributed by atoms with Gasteiger partial charge in [0, 0.05) is 29.1 Å². The molecule has 3 nitrogen and oxygen atoms in total. The van der Waals surface area contributed by atoms with Gasteiger partial charge >= 0.3 is 0 Å². The standard InChI is InChI=1S/C21H17NO2/c23-20(18-8-2-1-3-9-18)13-12-19-10-4-5-11-21(19)24-16-17-7-6-14-22-15-17/h1-15H,16H2/b13-12+. The van der Waals surface area contributed by atoms with Gasteiger partial charge in [0.15, 0.2) is 5.78 Å². The molecule has 0 bridgehead atoms. The highest BCUT2D eigenvalue weighted by Crippen LogP contribution is 2.21. The molecule has 0 aliphatic heterocycles. The SMILES string of the molecule is O=C(/C=C/c1ccccc1OCc1cccnc1)c1ccccc1. The van der Waals surface area contributed by atoms with Gasteiger partial charge < -0.3 is 4.74 Å². The van der Waals surface area contributed by atoms with E-state index in [0.29, 0.717) is 12.2 Å². The highest BCUT2D eigenvalue weighted by molar-refractivity contribution is 6.06. The molecule has 118 valence electrons. The first-order chi connectivity index (χ1) is 11.8. The summed E-state index contributed by atoms with van der Waals surface area (Å²) in [7, 11) is 0. The fraction of sp³-hybridized carbons (Fsp3) is 0.0476. The quantitative estimate of drug-likeness (QED) is 0.494. The van der Waals surface area contributed by atoms with Crippen LogP contribution in [-0.4, -0.2) is 10.8 Å². The highest BCUT2D eigenvalue weighted by Gasteiger charge is 2.03. The van der Waals surface area contributed by atoms with E-state index in [9.17, 15) is 4.79 Å². The molecular formula is C21H17NO2. The summed E-state index contributed by atoms with van der Waals surface area (Å²) >= 11 is 0. The molecule has 0 atom stereocenters. The Morgan fingerprint density at radius 1 is 0.958 bits per heavy atom. The molecule has 3 rings (SSSR count). The molecule has 1 aromatic heterocycles. The lowest BCUT2D eigenvalue weighted by molar-refractivity contribution is 0.104. The number of allylic oxidation sites excluding steroid dienone is 1. The van der Waals surface area contributed by atoms with E-state index in [1.807, 2.05) is 54.6 Å². The fourth-order valence-electron chi connectivity index (χ4n) is 2.26. The van der Waals surface area contributed by atoms with Crippen LogP contribution < -0.4 is 4.74 Å². The van der Waals surface area contributed by atoms with Crippen LogP contribution in [0, 0.1) is 0 Å². The van der Waals surface area contributed by atoms with Crippen LogP contribution in [-0.2, 0) is 6.61 Å². The predicted octanol–water partition coefficient (Wildman–Crippen LogP) is 4.56. The Bertz CT molecular complexity index is 827. The summed E-state index contributed by atoms with van der Waals surface area (Å²) in [5.74, 6) is 0.705. The normalized spacial score (nSPS) is 10.7. The fourth-order valence-corrected chi connectivity index (χ4v) is 2.26. The second-order valence-electron chi connectivity index (χ2n) is 5.25. The van der Waals surface area contributed by atoms with E-state index in [-0.39, 0.29) is 5.78 Å². The molecule has 0 radical (unpaired) electrons. The summed E-state index contributed by atoms with van der Waals surface area (Å²) in [5.41, 5.74) is 2.53. The Hall–Kier alpha value is -3.20. The third-order valence-corrected chi connectivity index (χ3v) is 3.51. The molecule has 0 unspecified atom stereocenters. The Morgan fingerprint density at radius 3 is 2.54 bits per heavy atom. The van der Waals surface area contributed by atoms with Crippen LogP contribution in [0.15, 0.2) is 85.2 Å². The number of ether oxygens (including phenoxy) is 1. The van der Waals surface area contributed by atoms with Crippen molar-refractivity contribution in [1.29, 1.82) is 0 Å². The molecule has 3 heteroatoms. The number of nitrogens with zero attached hydrogens (tertiary/aromatic N) is 1. The lowest BCUT2D eigenvalue weighted by Gasteiger charge is -2.09. The van der Waals surface area contributed by atoms with Crippen molar-refractivity contribution in [2.24, 2.45) is 0 Å². The summed E-state index contributed by atoms with van der Waals surface area (Å²) in [6.07, 6.45) is 6.86. The van der Waals surface area contributed by atoms with E-state index in [2.05, 4.69) is 4.98 Å². The Kier molecular flexibility index (Phi) is 5.15. The van der Waals surface area contributed by atoms with Crippen LogP contribution >= 0.6 is 0 Å². The molecular weight excluding hydrogens is 298 g/mol. The number of rotatable bonds is 6. The zero-order chi connectivity index (χ0) is 16.6. The van der Waals surface area contributed by atoms with Crippen LogP contribution in [0.4, 0.5) is 0 Å². The number of ketones is 1. The van der Waals surface area contributed by atoms with Crippen molar-refractivity contribution in [2.45, 2.75) is 6.61 Å². The van der Waals surface area contributed by atoms with Gasteiger partial charge in [-0.2, -0.15) is 0 Å². The minimum atomic E-state index is -0.0299. The van der Waals surface area contributed by atoms with Crippen molar-refractivity contribution in [2.75, 3.05) is 0 Å². The van der Waals surface area contributed by atoms with Crippen LogP contribution in [0.2, 0.25) is 0 Å². The number of pyridine rings is 1. The summed E-state index contributed by atoms with van der Waals surface area (Å²) < 4.78 is 5.86. The number of carbonyl (C=O) groups is 1. The zero-order valence-electron chi connectivity index (χ0n) is 13.1. The number of aromatic nitrogens is 1. The average Bonchev–Trinajstić information content (AvgIpc) is 2.66. The van der Waals surface area contributed by atoms with Gasteiger partial charge in [-0.05, 0) is 24.3 Å². The van der Waals surface area contributed by atoms with Crippen molar-refractivity contribution < 1.29 is 9.53 Å². The summed E-state index contributed by atoms with van der Waals surface area (Å²) in [6.45, 7) is 0.436. The average molecular weight is 315 g/mol. The summed E-state index contributed by atoms with van der Waals surface area (Å²) in [5, 5.41) is 0.